The molecule has 1 saturated heterocycles. The maximum Gasteiger partial charge on any atom is 0.306 e. The van der Waals surface area contributed by atoms with Crippen molar-refractivity contribution < 1.29 is 14.7 Å². The summed E-state index contributed by atoms with van der Waals surface area (Å²) in [7, 11) is 0. The third kappa shape index (κ3) is 5.17. The molecule has 0 radical (unpaired) electrons. The highest BCUT2D eigenvalue weighted by Gasteiger charge is 2.41. The van der Waals surface area contributed by atoms with Gasteiger partial charge in [-0.25, -0.2) is 4.98 Å². The van der Waals surface area contributed by atoms with Crippen molar-refractivity contribution >= 4 is 28.5 Å². The zero-order valence-electron chi connectivity index (χ0n) is 21.3. The molecule has 6 nitrogen and oxygen atoms in total. The largest absolute Gasteiger partial charge is 0.481 e. The highest BCUT2D eigenvalue weighted by molar-refractivity contribution is 5.99. The highest BCUT2D eigenvalue weighted by Crippen LogP contribution is 2.39. The molecule has 2 N–H and O–H groups in total. The van der Waals surface area contributed by atoms with Gasteiger partial charge in [0, 0.05) is 35.8 Å². The second-order valence-corrected chi connectivity index (χ2v) is 12.3. The fraction of sp³-hybridized carbons (Fsp3) is 0.621. The second-order valence-electron chi connectivity index (χ2n) is 12.3. The average molecular weight is 478 g/mol. The second kappa shape index (κ2) is 9.44. The number of hydrogen-bond acceptors (Lipinski definition) is 4. The molecule has 1 amide bonds. The molecule has 2 bridgehead atoms. The minimum absolute atomic E-state index is 0.0252. The Morgan fingerprint density at radius 3 is 2.49 bits per heavy atom. The number of rotatable bonds is 4. The van der Waals surface area contributed by atoms with Gasteiger partial charge in [0.15, 0.2) is 0 Å². The lowest BCUT2D eigenvalue weighted by Crippen LogP contribution is -2.38. The summed E-state index contributed by atoms with van der Waals surface area (Å²) in [6.45, 7) is 7.77. The van der Waals surface area contributed by atoms with Crippen molar-refractivity contribution in [3.8, 4) is 0 Å². The van der Waals surface area contributed by atoms with Crippen molar-refractivity contribution in [1.29, 1.82) is 0 Å². The minimum atomic E-state index is -0.727. The van der Waals surface area contributed by atoms with Gasteiger partial charge in [-0.15, -0.1) is 0 Å². The molecule has 2 aliphatic carbocycles. The lowest BCUT2D eigenvalue weighted by Gasteiger charge is -2.37. The van der Waals surface area contributed by atoms with E-state index in [-0.39, 0.29) is 17.9 Å². The number of carboxylic acid groups (broad SMARTS) is 1. The van der Waals surface area contributed by atoms with Crippen LogP contribution in [0.1, 0.15) is 82.5 Å². The van der Waals surface area contributed by atoms with E-state index in [2.05, 4.69) is 37.1 Å². The molecule has 1 aromatic heterocycles. The van der Waals surface area contributed by atoms with E-state index in [0.717, 1.165) is 61.2 Å². The Morgan fingerprint density at radius 2 is 1.77 bits per heavy atom. The highest BCUT2D eigenvalue weighted by atomic mass is 16.4. The summed E-state index contributed by atoms with van der Waals surface area (Å²) < 4.78 is 0. The van der Waals surface area contributed by atoms with E-state index in [1.165, 1.54) is 12.8 Å². The number of nitrogens with zero attached hydrogens (tertiary/aromatic N) is 2. The number of pyridine rings is 1. The molecule has 3 atom stereocenters. The number of nitrogens with one attached hydrogen (secondary N) is 1. The number of carbonyl (C=O) groups is 2. The van der Waals surface area contributed by atoms with Gasteiger partial charge in [-0.3, -0.25) is 9.59 Å². The van der Waals surface area contributed by atoms with Crippen molar-refractivity contribution in [2.75, 3.05) is 11.9 Å². The van der Waals surface area contributed by atoms with Crippen molar-refractivity contribution in [3.63, 3.8) is 0 Å². The standard InChI is InChI=1S/C29H39N3O3/c1-29(2,3)23-8-10-24(11-9-23)31-26-15-22-13-19(6-7-21(22)16-30-26)27(33)32-17-18-4-5-20(28(34)35)14-25(32)12-18/h6-7,13,15-16,18,20,23-25H,4-5,8-12,14,17H2,1-3H3,(H,30,31)(H,34,35). The normalized spacial score (nSPS) is 29.1. The van der Waals surface area contributed by atoms with Crippen molar-refractivity contribution in [2.45, 2.75) is 84.2 Å². The molecule has 0 spiro atoms. The molecule has 3 unspecified atom stereocenters. The van der Waals surface area contributed by atoms with Crippen molar-refractivity contribution in [1.82, 2.24) is 9.88 Å². The molecular weight excluding hydrogens is 438 g/mol. The summed E-state index contributed by atoms with van der Waals surface area (Å²) in [5, 5.41) is 15.2. The maximum absolute atomic E-state index is 13.5. The first-order valence-electron chi connectivity index (χ1n) is 13.4. The number of aliphatic carboxylic acids is 1. The Kier molecular flexibility index (Phi) is 6.49. The van der Waals surface area contributed by atoms with Crippen LogP contribution in [-0.2, 0) is 4.79 Å². The van der Waals surface area contributed by atoms with Crippen LogP contribution in [-0.4, -0.2) is 45.5 Å². The smallest absolute Gasteiger partial charge is 0.306 e. The van der Waals surface area contributed by atoms with Crippen LogP contribution in [0.3, 0.4) is 0 Å². The van der Waals surface area contributed by atoms with Crippen LogP contribution in [0.25, 0.3) is 10.8 Å². The average Bonchev–Trinajstić information content (AvgIpc) is 3.09. The fourth-order valence-corrected chi connectivity index (χ4v) is 6.63. The molecule has 6 heteroatoms. The van der Waals surface area contributed by atoms with Crippen LogP contribution in [0.5, 0.6) is 0 Å². The molecule has 2 heterocycles. The first-order chi connectivity index (χ1) is 16.7. The van der Waals surface area contributed by atoms with Crippen LogP contribution in [0.2, 0.25) is 0 Å². The summed E-state index contributed by atoms with van der Waals surface area (Å²) in [5.41, 5.74) is 1.05. The SMILES string of the molecule is CC(C)(C)C1CCC(Nc2cc3cc(C(=O)N4CC5CCC(C(=O)O)CC4C5)ccc3cn2)CC1. The summed E-state index contributed by atoms with van der Waals surface area (Å²) in [6, 6.07) is 8.38. The van der Waals surface area contributed by atoms with E-state index >= 15 is 0 Å². The van der Waals surface area contributed by atoms with Crippen LogP contribution < -0.4 is 5.32 Å². The first-order valence-corrected chi connectivity index (χ1v) is 13.4. The third-order valence-corrected chi connectivity index (χ3v) is 8.86. The molecule has 2 aromatic rings. The van der Waals surface area contributed by atoms with Crippen molar-refractivity contribution in [3.05, 3.63) is 36.0 Å². The van der Waals surface area contributed by atoms with Crippen LogP contribution in [0.4, 0.5) is 5.82 Å². The molecule has 2 saturated carbocycles. The number of carbonyl (C=O) groups excluding carboxylic acids is 1. The Balaban J connectivity index is 1.29. The molecule has 35 heavy (non-hydrogen) atoms. The van der Waals surface area contributed by atoms with E-state index in [0.29, 0.717) is 29.4 Å². The van der Waals surface area contributed by atoms with Crippen LogP contribution >= 0.6 is 0 Å². The molecule has 3 aliphatic rings. The number of anilines is 1. The van der Waals surface area contributed by atoms with Crippen molar-refractivity contribution in [2.24, 2.45) is 23.2 Å². The Hall–Kier alpha value is -2.63. The van der Waals surface area contributed by atoms with Gasteiger partial charge in [0.1, 0.15) is 5.82 Å². The summed E-state index contributed by atoms with van der Waals surface area (Å²) in [5.74, 6) is 1.03. The first kappa shape index (κ1) is 24.1. The van der Waals surface area contributed by atoms with E-state index < -0.39 is 5.97 Å². The summed E-state index contributed by atoms with van der Waals surface area (Å²) in [6.07, 6.45) is 9.82. The van der Waals surface area contributed by atoms with Crippen LogP contribution in [0, 0.1) is 23.2 Å². The lowest BCUT2D eigenvalue weighted by atomic mass is 9.71. The van der Waals surface area contributed by atoms with E-state index in [1.54, 1.807) is 0 Å². The summed E-state index contributed by atoms with van der Waals surface area (Å²) >= 11 is 0. The van der Waals surface area contributed by atoms with Gasteiger partial charge < -0.3 is 15.3 Å². The lowest BCUT2D eigenvalue weighted by molar-refractivity contribution is -0.142. The Labute approximate surface area is 208 Å². The van der Waals surface area contributed by atoms with Gasteiger partial charge in [-0.1, -0.05) is 26.8 Å². The third-order valence-electron chi connectivity index (χ3n) is 8.86. The predicted molar refractivity (Wildman–Crippen MR) is 138 cm³/mol. The van der Waals surface area contributed by atoms with E-state index in [4.69, 9.17) is 0 Å². The molecular formula is C29H39N3O3. The molecule has 1 aliphatic heterocycles. The van der Waals surface area contributed by atoms with Gasteiger partial charge in [0.05, 0.1) is 5.92 Å². The molecule has 5 rings (SSSR count). The Morgan fingerprint density at radius 1 is 1.00 bits per heavy atom. The number of aromatic nitrogens is 1. The number of hydrogen-bond donors (Lipinski definition) is 2. The number of carboxylic acids is 1. The van der Waals surface area contributed by atoms with Crippen LogP contribution in [0.15, 0.2) is 30.5 Å². The Bertz CT molecular complexity index is 1100. The van der Waals surface area contributed by atoms with Gasteiger partial charge in [-0.05, 0) is 92.2 Å². The van der Waals surface area contributed by atoms with Gasteiger partial charge in [0.25, 0.3) is 5.91 Å². The molecule has 1 aromatic carbocycles. The number of amides is 1. The zero-order valence-corrected chi connectivity index (χ0v) is 21.3. The minimum Gasteiger partial charge on any atom is -0.481 e. The van der Waals surface area contributed by atoms with Gasteiger partial charge in [0.2, 0.25) is 0 Å². The monoisotopic (exact) mass is 477 g/mol. The number of likely N-dealkylation sites (tertiary alicyclic amines) is 1. The van der Waals surface area contributed by atoms with E-state index in [1.807, 2.05) is 29.3 Å². The molecule has 188 valence electrons. The van der Waals surface area contributed by atoms with Gasteiger partial charge >= 0.3 is 5.97 Å². The molecule has 3 fully saturated rings. The maximum atomic E-state index is 13.5. The zero-order chi connectivity index (χ0) is 24.7. The van der Waals surface area contributed by atoms with E-state index in [9.17, 15) is 14.7 Å². The summed E-state index contributed by atoms with van der Waals surface area (Å²) in [4.78, 5) is 31.7. The number of fused-ring (bicyclic) bond motifs is 3. The topological polar surface area (TPSA) is 82.5 Å². The number of benzene rings is 1. The fourth-order valence-electron chi connectivity index (χ4n) is 6.63. The quantitative estimate of drug-likeness (QED) is 0.567. The van der Waals surface area contributed by atoms with Gasteiger partial charge in [-0.2, -0.15) is 0 Å². The predicted octanol–water partition coefficient (Wildman–Crippen LogP) is 5.97.